The first kappa shape index (κ1) is 11.8. The second-order valence-electron chi connectivity index (χ2n) is 5.57. The van der Waals surface area contributed by atoms with E-state index in [1.165, 1.54) is 42.1 Å². The van der Waals surface area contributed by atoms with Gasteiger partial charge in [0.1, 0.15) is 0 Å². The minimum Gasteiger partial charge on any atom is -0.350 e. The van der Waals surface area contributed by atoms with Gasteiger partial charge in [-0.1, -0.05) is 24.6 Å². The van der Waals surface area contributed by atoms with E-state index in [4.69, 9.17) is 0 Å². The summed E-state index contributed by atoms with van der Waals surface area (Å²) < 4.78 is 2.26. The van der Waals surface area contributed by atoms with E-state index in [0.717, 1.165) is 5.92 Å². The van der Waals surface area contributed by atoms with Gasteiger partial charge in [-0.25, -0.2) is 0 Å². The molecule has 2 unspecified atom stereocenters. The third-order valence-corrected chi connectivity index (χ3v) is 4.49. The van der Waals surface area contributed by atoms with E-state index in [0.29, 0.717) is 6.04 Å². The van der Waals surface area contributed by atoms with Gasteiger partial charge in [0.15, 0.2) is 0 Å². The van der Waals surface area contributed by atoms with Gasteiger partial charge in [-0.2, -0.15) is 0 Å². The maximum atomic E-state index is 3.48. The Kier molecular flexibility index (Phi) is 3.13. The van der Waals surface area contributed by atoms with E-state index in [1.807, 2.05) is 0 Å². The fraction of sp³-hybridized carbons (Fsp3) is 0.500. The van der Waals surface area contributed by atoms with Crippen LogP contribution in [0.5, 0.6) is 0 Å². The second kappa shape index (κ2) is 4.77. The van der Waals surface area contributed by atoms with Crippen molar-refractivity contribution >= 4 is 10.9 Å². The number of fused-ring (bicyclic) bond motifs is 1. The fourth-order valence-corrected chi connectivity index (χ4v) is 3.53. The molecule has 1 fully saturated rings. The molecule has 0 spiro atoms. The lowest BCUT2D eigenvalue weighted by Crippen LogP contribution is -2.29. The number of aromatic nitrogens is 1. The summed E-state index contributed by atoms with van der Waals surface area (Å²) in [4.78, 5) is 0. The van der Waals surface area contributed by atoms with Crippen LogP contribution >= 0.6 is 0 Å². The first-order chi connectivity index (χ1) is 8.79. The van der Waals surface area contributed by atoms with Gasteiger partial charge < -0.3 is 9.88 Å². The standard InChI is InChI=1S/C16H22N2/c1-17-15-8-5-6-12(15)10-13-11-18(2)16-9-4-3-7-14(13)16/h3-4,7,9,11-12,15,17H,5-6,8,10H2,1-2H3. The quantitative estimate of drug-likeness (QED) is 0.875. The van der Waals surface area contributed by atoms with Crippen LogP contribution in [0.25, 0.3) is 10.9 Å². The van der Waals surface area contributed by atoms with Crippen LogP contribution in [-0.2, 0) is 13.5 Å². The molecule has 1 heterocycles. The number of para-hydroxylation sites is 1. The third-order valence-electron chi connectivity index (χ3n) is 4.49. The number of hydrogen-bond acceptors (Lipinski definition) is 1. The molecule has 18 heavy (non-hydrogen) atoms. The average Bonchev–Trinajstić information content (AvgIpc) is 2.96. The van der Waals surface area contributed by atoms with Crippen LogP contribution in [0.4, 0.5) is 0 Å². The van der Waals surface area contributed by atoms with Crippen LogP contribution in [0, 0.1) is 5.92 Å². The molecule has 2 aromatic rings. The van der Waals surface area contributed by atoms with Gasteiger partial charge in [0, 0.05) is 30.2 Å². The maximum Gasteiger partial charge on any atom is 0.0480 e. The van der Waals surface area contributed by atoms with Crippen molar-refractivity contribution in [3.63, 3.8) is 0 Å². The van der Waals surface area contributed by atoms with Crippen LogP contribution < -0.4 is 5.32 Å². The van der Waals surface area contributed by atoms with E-state index in [-0.39, 0.29) is 0 Å². The van der Waals surface area contributed by atoms with Gasteiger partial charge in [-0.3, -0.25) is 0 Å². The predicted molar refractivity (Wildman–Crippen MR) is 76.8 cm³/mol. The summed E-state index contributed by atoms with van der Waals surface area (Å²) >= 11 is 0. The van der Waals surface area contributed by atoms with E-state index >= 15 is 0 Å². The van der Waals surface area contributed by atoms with Crippen LogP contribution in [0.1, 0.15) is 24.8 Å². The largest absolute Gasteiger partial charge is 0.350 e. The topological polar surface area (TPSA) is 17.0 Å². The molecule has 0 bridgehead atoms. The molecular weight excluding hydrogens is 220 g/mol. The Balaban J connectivity index is 1.91. The van der Waals surface area contributed by atoms with E-state index < -0.39 is 0 Å². The molecule has 0 aliphatic heterocycles. The van der Waals surface area contributed by atoms with Gasteiger partial charge in [0.25, 0.3) is 0 Å². The molecule has 2 atom stereocenters. The van der Waals surface area contributed by atoms with Crippen molar-refractivity contribution in [3.8, 4) is 0 Å². The lowest BCUT2D eigenvalue weighted by Gasteiger charge is -2.18. The highest BCUT2D eigenvalue weighted by Gasteiger charge is 2.26. The number of rotatable bonds is 3. The molecular formula is C16H22N2. The molecule has 1 aromatic carbocycles. The Hall–Kier alpha value is -1.28. The Morgan fingerprint density at radius 2 is 2.11 bits per heavy atom. The highest BCUT2D eigenvalue weighted by Crippen LogP contribution is 2.31. The average molecular weight is 242 g/mol. The lowest BCUT2D eigenvalue weighted by molar-refractivity contribution is 0.424. The van der Waals surface area contributed by atoms with Crippen molar-refractivity contribution in [3.05, 3.63) is 36.0 Å². The molecule has 1 aliphatic rings. The zero-order valence-corrected chi connectivity index (χ0v) is 11.3. The van der Waals surface area contributed by atoms with Crippen LogP contribution in [0.2, 0.25) is 0 Å². The van der Waals surface area contributed by atoms with E-state index in [9.17, 15) is 0 Å². The molecule has 1 aromatic heterocycles. The number of nitrogens with one attached hydrogen (secondary N) is 1. The number of benzene rings is 1. The van der Waals surface area contributed by atoms with Gasteiger partial charge in [-0.15, -0.1) is 0 Å². The summed E-state index contributed by atoms with van der Waals surface area (Å²) in [5.41, 5.74) is 2.87. The Morgan fingerprint density at radius 1 is 1.28 bits per heavy atom. The SMILES string of the molecule is CNC1CCCC1Cc1cn(C)c2ccccc12. The first-order valence-corrected chi connectivity index (χ1v) is 7.00. The van der Waals surface area contributed by atoms with Gasteiger partial charge in [-0.05, 0) is 43.9 Å². The molecule has 2 nitrogen and oxygen atoms in total. The minimum absolute atomic E-state index is 0.712. The van der Waals surface area contributed by atoms with Gasteiger partial charge in [0.2, 0.25) is 0 Å². The van der Waals surface area contributed by atoms with E-state index in [1.54, 1.807) is 0 Å². The van der Waals surface area contributed by atoms with Gasteiger partial charge in [0.05, 0.1) is 0 Å². The van der Waals surface area contributed by atoms with Crippen LogP contribution in [0.3, 0.4) is 0 Å². The number of hydrogen-bond donors (Lipinski definition) is 1. The first-order valence-electron chi connectivity index (χ1n) is 7.00. The normalized spacial score (nSPS) is 23.9. The minimum atomic E-state index is 0.712. The predicted octanol–water partition coefficient (Wildman–Crippen LogP) is 3.11. The smallest absolute Gasteiger partial charge is 0.0480 e. The number of nitrogens with zero attached hydrogens (tertiary/aromatic N) is 1. The third kappa shape index (κ3) is 1.95. The van der Waals surface area contributed by atoms with Crippen molar-refractivity contribution in [2.45, 2.75) is 31.7 Å². The van der Waals surface area contributed by atoms with Crippen LogP contribution in [-0.4, -0.2) is 17.7 Å². The molecule has 1 aliphatic carbocycles. The highest BCUT2D eigenvalue weighted by molar-refractivity contribution is 5.83. The molecule has 96 valence electrons. The maximum absolute atomic E-state index is 3.48. The molecule has 1 saturated carbocycles. The zero-order chi connectivity index (χ0) is 12.5. The lowest BCUT2D eigenvalue weighted by atomic mass is 9.94. The summed E-state index contributed by atoms with van der Waals surface area (Å²) in [6.07, 6.45) is 7.62. The molecule has 0 saturated heterocycles. The summed E-state index contributed by atoms with van der Waals surface area (Å²) in [6, 6.07) is 9.45. The second-order valence-corrected chi connectivity index (χ2v) is 5.57. The summed E-state index contributed by atoms with van der Waals surface area (Å²) in [6.45, 7) is 0. The van der Waals surface area contributed by atoms with Crippen molar-refractivity contribution in [2.75, 3.05) is 7.05 Å². The summed E-state index contributed by atoms with van der Waals surface area (Å²) in [5.74, 6) is 0.806. The Bertz CT molecular complexity index is 541. The monoisotopic (exact) mass is 242 g/mol. The molecule has 1 N–H and O–H groups in total. The van der Waals surface area contributed by atoms with Crippen molar-refractivity contribution in [2.24, 2.45) is 13.0 Å². The highest BCUT2D eigenvalue weighted by atomic mass is 14.9. The van der Waals surface area contributed by atoms with Crippen LogP contribution in [0.15, 0.2) is 30.5 Å². The van der Waals surface area contributed by atoms with Crippen molar-refractivity contribution in [1.82, 2.24) is 9.88 Å². The zero-order valence-electron chi connectivity index (χ0n) is 11.3. The molecule has 2 heteroatoms. The molecule has 0 amide bonds. The van der Waals surface area contributed by atoms with Gasteiger partial charge >= 0.3 is 0 Å². The fourth-order valence-electron chi connectivity index (χ4n) is 3.53. The van der Waals surface area contributed by atoms with Crippen molar-refractivity contribution in [1.29, 1.82) is 0 Å². The molecule has 3 rings (SSSR count). The Morgan fingerprint density at radius 3 is 2.94 bits per heavy atom. The Labute approximate surface area is 109 Å². The summed E-state index contributed by atoms with van der Waals surface area (Å²) in [5, 5.41) is 4.91. The van der Waals surface area contributed by atoms with Crippen molar-refractivity contribution < 1.29 is 0 Å². The number of aryl methyl sites for hydroxylation is 1. The molecule has 0 radical (unpaired) electrons. The van der Waals surface area contributed by atoms with E-state index in [2.05, 4.69) is 54.4 Å². The summed E-state index contributed by atoms with van der Waals surface area (Å²) in [7, 11) is 4.25.